The summed E-state index contributed by atoms with van der Waals surface area (Å²) in [7, 11) is -4.91. The average molecular weight is 235 g/mol. The fourth-order valence-electron chi connectivity index (χ4n) is 4.40. The standard InChI is InChI=1S/C10H15F2NOS/c11-15(12,14)13-10-4-7-1-8(5-10)3-9(2-7)6-10/h7-9H,1-6H2. The van der Waals surface area contributed by atoms with Crippen LogP contribution in [0.25, 0.3) is 0 Å². The molecule has 0 heterocycles. The van der Waals surface area contributed by atoms with E-state index in [0.717, 1.165) is 19.3 Å². The minimum absolute atomic E-state index is 0.571. The molecule has 0 aromatic carbocycles. The normalized spacial score (nSPS) is 48.3. The van der Waals surface area contributed by atoms with Gasteiger partial charge in [0.25, 0.3) is 0 Å². The second kappa shape index (κ2) is 2.93. The fraction of sp³-hybridized carbons (Fsp3) is 1.00. The molecule has 86 valence electrons. The van der Waals surface area contributed by atoms with Gasteiger partial charge in [-0.15, -0.1) is 0 Å². The number of rotatable bonds is 1. The van der Waals surface area contributed by atoms with E-state index < -0.39 is 16.0 Å². The van der Waals surface area contributed by atoms with Crippen molar-refractivity contribution in [3.05, 3.63) is 0 Å². The van der Waals surface area contributed by atoms with E-state index in [4.69, 9.17) is 0 Å². The van der Waals surface area contributed by atoms with Crippen LogP contribution in [-0.2, 0) is 10.5 Å². The van der Waals surface area contributed by atoms with E-state index >= 15 is 0 Å². The van der Waals surface area contributed by atoms with Crippen molar-refractivity contribution in [2.75, 3.05) is 0 Å². The molecule has 0 spiro atoms. The van der Waals surface area contributed by atoms with Gasteiger partial charge in [-0.3, -0.25) is 0 Å². The first-order chi connectivity index (χ1) is 6.94. The molecule has 4 aliphatic carbocycles. The summed E-state index contributed by atoms with van der Waals surface area (Å²) in [6.07, 6.45) is 5.83. The van der Waals surface area contributed by atoms with Crippen molar-refractivity contribution in [2.24, 2.45) is 22.1 Å². The topological polar surface area (TPSA) is 29.4 Å². The Kier molecular flexibility index (Phi) is 1.95. The third-order valence-electron chi connectivity index (χ3n) is 4.31. The number of hydrogen-bond acceptors (Lipinski definition) is 2. The van der Waals surface area contributed by atoms with Gasteiger partial charge >= 0.3 is 10.5 Å². The first-order valence-electron chi connectivity index (χ1n) is 5.62. The highest BCUT2D eigenvalue weighted by Gasteiger charge is 2.51. The van der Waals surface area contributed by atoms with E-state index in [-0.39, 0.29) is 0 Å². The minimum Gasteiger partial charge on any atom is -0.180 e. The number of halogens is 2. The summed E-state index contributed by atoms with van der Waals surface area (Å²) >= 11 is 0. The molecule has 0 aromatic heterocycles. The second-order valence-corrected chi connectivity index (χ2v) is 6.61. The molecule has 0 aromatic rings. The van der Waals surface area contributed by atoms with Crippen LogP contribution < -0.4 is 0 Å². The van der Waals surface area contributed by atoms with Crippen molar-refractivity contribution < 1.29 is 12.0 Å². The molecule has 0 N–H and O–H groups in total. The van der Waals surface area contributed by atoms with Gasteiger partial charge in [-0.1, -0.05) is 7.77 Å². The maximum atomic E-state index is 12.6. The largest absolute Gasteiger partial charge is 0.367 e. The van der Waals surface area contributed by atoms with Crippen molar-refractivity contribution in [1.82, 2.24) is 0 Å². The zero-order chi connectivity index (χ0) is 10.7. The van der Waals surface area contributed by atoms with Gasteiger partial charge in [0.05, 0.1) is 5.54 Å². The lowest BCUT2D eigenvalue weighted by Gasteiger charge is -2.54. The molecule has 0 unspecified atom stereocenters. The van der Waals surface area contributed by atoms with Crippen LogP contribution >= 0.6 is 0 Å². The van der Waals surface area contributed by atoms with Crippen molar-refractivity contribution in [2.45, 2.75) is 44.1 Å². The summed E-state index contributed by atoms with van der Waals surface area (Å²) in [6.45, 7) is 0. The predicted molar refractivity (Wildman–Crippen MR) is 53.7 cm³/mol. The molecular formula is C10H15F2NOS. The van der Waals surface area contributed by atoms with Crippen LogP contribution in [0.1, 0.15) is 38.5 Å². The summed E-state index contributed by atoms with van der Waals surface area (Å²) in [6, 6.07) is 0. The molecule has 4 saturated carbocycles. The number of hydrogen-bond donors (Lipinski definition) is 0. The Morgan fingerprint density at radius 3 is 1.73 bits per heavy atom. The first kappa shape index (κ1) is 10.00. The molecule has 0 aliphatic heterocycles. The summed E-state index contributed by atoms with van der Waals surface area (Å²) in [5.41, 5.74) is -0.616. The van der Waals surface area contributed by atoms with Crippen LogP contribution in [0.4, 0.5) is 7.77 Å². The summed E-state index contributed by atoms with van der Waals surface area (Å²) in [5.74, 6) is 1.71. The zero-order valence-corrected chi connectivity index (χ0v) is 9.31. The fourth-order valence-corrected chi connectivity index (χ4v) is 5.08. The molecule has 4 rings (SSSR count). The molecule has 15 heavy (non-hydrogen) atoms. The zero-order valence-electron chi connectivity index (χ0n) is 8.49. The molecule has 0 atom stereocenters. The van der Waals surface area contributed by atoms with Gasteiger partial charge in [0.15, 0.2) is 0 Å². The Bertz CT molecular complexity index is 357. The van der Waals surface area contributed by atoms with E-state index in [1.165, 1.54) is 19.3 Å². The maximum Gasteiger partial charge on any atom is 0.367 e. The van der Waals surface area contributed by atoms with E-state index in [1.54, 1.807) is 0 Å². The predicted octanol–water partition coefficient (Wildman–Crippen LogP) is 3.19. The molecular weight excluding hydrogens is 220 g/mol. The lowest BCUT2D eigenvalue weighted by Crippen LogP contribution is -2.49. The Labute approximate surface area is 89.2 Å². The lowest BCUT2D eigenvalue weighted by atomic mass is 9.53. The third kappa shape index (κ3) is 1.79. The van der Waals surface area contributed by atoms with Gasteiger partial charge in [0.1, 0.15) is 0 Å². The highest BCUT2D eigenvalue weighted by atomic mass is 32.3. The maximum absolute atomic E-state index is 12.6. The second-order valence-electron chi connectivity index (χ2n) is 5.63. The molecule has 4 aliphatic rings. The van der Waals surface area contributed by atoms with Crippen molar-refractivity contribution in [3.63, 3.8) is 0 Å². The van der Waals surface area contributed by atoms with Gasteiger partial charge in [-0.25, -0.2) is 0 Å². The Morgan fingerprint density at radius 2 is 1.40 bits per heavy atom. The van der Waals surface area contributed by atoms with Crippen LogP contribution in [0.5, 0.6) is 0 Å². The van der Waals surface area contributed by atoms with E-state index in [0.29, 0.717) is 17.8 Å². The Morgan fingerprint density at radius 1 is 1.00 bits per heavy atom. The summed E-state index contributed by atoms with van der Waals surface area (Å²) in [4.78, 5) is 0. The average Bonchev–Trinajstić information content (AvgIpc) is 1.94. The van der Waals surface area contributed by atoms with Crippen molar-refractivity contribution >= 4 is 10.5 Å². The van der Waals surface area contributed by atoms with E-state index in [1.807, 2.05) is 0 Å². The Hall–Kier alpha value is -0.190. The van der Waals surface area contributed by atoms with E-state index in [9.17, 15) is 12.0 Å². The SMILES string of the molecule is O=S(F)(F)=NC12CC3CC(CC(C3)C1)C2. The van der Waals surface area contributed by atoms with Gasteiger partial charge < -0.3 is 0 Å². The first-order valence-corrected chi connectivity index (χ1v) is 6.93. The van der Waals surface area contributed by atoms with Gasteiger partial charge in [0, 0.05) is 0 Å². The summed E-state index contributed by atoms with van der Waals surface area (Å²) < 4.78 is 39.2. The summed E-state index contributed by atoms with van der Waals surface area (Å²) in [5, 5.41) is 0. The molecule has 0 saturated heterocycles. The molecule has 0 radical (unpaired) electrons. The smallest absolute Gasteiger partial charge is 0.180 e. The third-order valence-corrected chi connectivity index (χ3v) is 4.91. The lowest BCUT2D eigenvalue weighted by molar-refractivity contribution is 0.00213. The van der Waals surface area contributed by atoms with Crippen LogP contribution in [0, 0.1) is 17.8 Å². The Balaban J connectivity index is 1.97. The van der Waals surface area contributed by atoms with Gasteiger partial charge in [0.2, 0.25) is 0 Å². The van der Waals surface area contributed by atoms with Crippen LogP contribution in [0.2, 0.25) is 0 Å². The highest BCUT2D eigenvalue weighted by molar-refractivity contribution is 7.83. The van der Waals surface area contributed by atoms with Gasteiger partial charge in [-0.05, 0) is 56.3 Å². The number of nitrogens with zero attached hydrogens (tertiary/aromatic N) is 1. The molecule has 4 bridgehead atoms. The van der Waals surface area contributed by atoms with Crippen LogP contribution in [-0.4, -0.2) is 9.75 Å². The molecule has 2 nitrogen and oxygen atoms in total. The van der Waals surface area contributed by atoms with Gasteiger partial charge in [-0.2, -0.15) is 8.57 Å². The van der Waals surface area contributed by atoms with Crippen LogP contribution in [0.3, 0.4) is 0 Å². The monoisotopic (exact) mass is 235 g/mol. The minimum atomic E-state index is -4.91. The molecule has 5 heteroatoms. The van der Waals surface area contributed by atoms with Crippen molar-refractivity contribution in [1.29, 1.82) is 0 Å². The van der Waals surface area contributed by atoms with Crippen LogP contribution in [0.15, 0.2) is 4.36 Å². The highest BCUT2D eigenvalue weighted by Crippen LogP contribution is 2.57. The van der Waals surface area contributed by atoms with Crippen molar-refractivity contribution in [3.8, 4) is 0 Å². The molecule has 0 amide bonds. The molecule has 4 fully saturated rings. The quantitative estimate of drug-likeness (QED) is 0.642. The van der Waals surface area contributed by atoms with E-state index in [2.05, 4.69) is 4.36 Å².